The van der Waals surface area contributed by atoms with Gasteiger partial charge in [0.25, 0.3) is 0 Å². The van der Waals surface area contributed by atoms with Gasteiger partial charge in [0, 0.05) is 38.1 Å². The van der Waals surface area contributed by atoms with Gasteiger partial charge in [-0.1, -0.05) is 30.3 Å². The lowest BCUT2D eigenvalue weighted by molar-refractivity contribution is -0.119. The van der Waals surface area contributed by atoms with E-state index in [0.29, 0.717) is 25.5 Å². The van der Waals surface area contributed by atoms with E-state index in [2.05, 4.69) is 20.9 Å². The number of aromatic nitrogens is 1. The van der Waals surface area contributed by atoms with E-state index in [9.17, 15) is 9.59 Å². The number of pyridine rings is 1. The summed E-state index contributed by atoms with van der Waals surface area (Å²) >= 11 is 0. The van der Waals surface area contributed by atoms with Gasteiger partial charge in [-0.05, 0) is 46.7 Å². The first kappa shape index (κ1) is 20.3. The highest BCUT2D eigenvalue weighted by molar-refractivity contribution is 6.00. The van der Waals surface area contributed by atoms with E-state index in [1.54, 1.807) is 6.20 Å². The van der Waals surface area contributed by atoms with Crippen molar-refractivity contribution in [2.45, 2.75) is 26.9 Å². The largest absolute Gasteiger partial charge is 0.352 e. The van der Waals surface area contributed by atoms with Crippen LogP contribution in [-0.2, 0) is 17.9 Å². The Hall–Kier alpha value is -3.45. The quantitative estimate of drug-likeness (QED) is 0.517. The van der Waals surface area contributed by atoms with Gasteiger partial charge >= 0.3 is 6.03 Å². The number of nitrogens with zero attached hydrogens (tertiary/aromatic N) is 1. The molecule has 29 heavy (non-hydrogen) atoms. The molecule has 0 radical (unpaired) electrons. The van der Waals surface area contributed by atoms with Gasteiger partial charge in [-0.2, -0.15) is 0 Å². The summed E-state index contributed by atoms with van der Waals surface area (Å²) in [5, 5.41) is 10.2. The Bertz CT molecular complexity index is 1050. The molecule has 3 rings (SSSR count). The number of nitrogens with two attached hydrogens (primary N) is 1. The van der Waals surface area contributed by atoms with Crippen molar-refractivity contribution in [2.24, 2.45) is 5.73 Å². The molecule has 0 fully saturated rings. The van der Waals surface area contributed by atoms with E-state index in [-0.39, 0.29) is 11.9 Å². The van der Waals surface area contributed by atoms with Crippen molar-refractivity contribution in [1.29, 1.82) is 0 Å². The van der Waals surface area contributed by atoms with Crippen LogP contribution in [-0.4, -0.2) is 23.5 Å². The van der Waals surface area contributed by atoms with Crippen LogP contribution >= 0.6 is 0 Å². The first-order valence-corrected chi connectivity index (χ1v) is 9.52. The van der Waals surface area contributed by atoms with E-state index in [1.165, 1.54) is 6.92 Å². The number of hydrogen-bond donors (Lipinski definition) is 4. The molecular formula is C22H25N5O2. The van der Waals surface area contributed by atoms with Crippen LogP contribution in [0.25, 0.3) is 21.9 Å². The van der Waals surface area contributed by atoms with Gasteiger partial charge in [-0.25, -0.2) is 9.78 Å². The second-order valence-electron chi connectivity index (χ2n) is 6.69. The molecule has 0 aliphatic rings. The van der Waals surface area contributed by atoms with Crippen LogP contribution < -0.4 is 21.7 Å². The van der Waals surface area contributed by atoms with Crippen molar-refractivity contribution in [2.75, 3.05) is 11.9 Å². The van der Waals surface area contributed by atoms with Gasteiger partial charge in [-0.3, -0.25) is 10.1 Å². The van der Waals surface area contributed by atoms with Crippen molar-refractivity contribution in [1.82, 2.24) is 15.6 Å². The molecule has 0 bridgehead atoms. The van der Waals surface area contributed by atoms with Crippen LogP contribution in [0.1, 0.15) is 25.0 Å². The van der Waals surface area contributed by atoms with E-state index in [0.717, 1.165) is 33.0 Å². The van der Waals surface area contributed by atoms with Gasteiger partial charge in [0.15, 0.2) is 0 Å². The molecule has 3 amide bonds. The maximum absolute atomic E-state index is 11.9. The lowest BCUT2D eigenvalue weighted by atomic mass is 9.95. The minimum absolute atomic E-state index is 0.0692. The number of anilines is 1. The fraction of sp³-hybridized carbons (Fsp3) is 0.227. The first-order valence-electron chi connectivity index (χ1n) is 9.52. The summed E-state index contributed by atoms with van der Waals surface area (Å²) in [4.78, 5) is 27.5. The summed E-state index contributed by atoms with van der Waals surface area (Å²) in [6.07, 6.45) is 1.74. The highest BCUT2D eigenvalue weighted by Gasteiger charge is 2.11. The third-order valence-corrected chi connectivity index (χ3v) is 4.57. The molecule has 7 nitrogen and oxygen atoms in total. The molecule has 150 valence electrons. The Balaban J connectivity index is 2.06. The second kappa shape index (κ2) is 9.16. The Morgan fingerprint density at radius 3 is 2.62 bits per heavy atom. The van der Waals surface area contributed by atoms with E-state index >= 15 is 0 Å². The minimum Gasteiger partial charge on any atom is -0.352 e. The van der Waals surface area contributed by atoms with Crippen molar-refractivity contribution >= 4 is 28.5 Å². The summed E-state index contributed by atoms with van der Waals surface area (Å²) in [5.74, 6) is 0.397. The summed E-state index contributed by atoms with van der Waals surface area (Å²) in [6, 6.07) is 13.6. The molecule has 0 spiro atoms. The Labute approximate surface area is 169 Å². The third-order valence-electron chi connectivity index (χ3n) is 4.57. The highest BCUT2D eigenvalue weighted by Crippen LogP contribution is 2.32. The minimum atomic E-state index is -0.298. The van der Waals surface area contributed by atoms with Crippen LogP contribution in [0.15, 0.2) is 48.7 Å². The molecule has 0 unspecified atom stereocenters. The average Bonchev–Trinajstić information content (AvgIpc) is 2.71. The van der Waals surface area contributed by atoms with Crippen LogP contribution in [0.5, 0.6) is 0 Å². The van der Waals surface area contributed by atoms with E-state index in [1.807, 2.05) is 49.4 Å². The normalized spacial score (nSPS) is 10.6. The maximum atomic E-state index is 11.9. The van der Waals surface area contributed by atoms with E-state index in [4.69, 9.17) is 5.73 Å². The molecule has 0 saturated carbocycles. The van der Waals surface area contributed by atoms with Gasteiger partial charge < -0.3 is 16.4 Å². The number of fused-ring (bicyclic) bond motifs is 1. The summed E-state index contributed by atoms with van der Waals surface area (Å²) < 4.78 is 0. The smallest absolute Gasteiger partial charge is 0.320 e. The summed E-state index contributed by atoms with van der Waals surface area (Å²) in [5.41, 5.74) is 9.91. The average molecular weight is 391 g/mol. The first-order chi connectivity index (χ1) is 14.0. The van der Waals surface area contributed by atoms with Crippen LogP contribution in [0.2, 0.25) is 0 Å². The molecule has 7 heteroatoms. The molecule has 2 aromatic carbocycles. The monoisotopic (exact) mass is 391 g/mol. The van der Waals surface area contributed by atoms with E-state index < -0.39 is 0 Å². The molecular weight excluding hydrogens is 366 g/mol. The molecule has 0 saturated heterocycles. The highest BCUT2D eigenvalue weighted by atomic mass is 16.2. The zero-order valence-electron chi connectivity index (χ0n) is 16.6. The van der Waals surface area contributed by atoms with Crippen molar-refractivity contribution in [3.63, 3.8) is 0 Å². The number of benzene rings is 2. The molecule has 0 aliphatic heterocycles. The molecule has 0 atom stereocenters. The van der Waals surface area contributed by atoms with Gasteiger partial charge in [0.05, 0.1) is 0 Å². The molecule has 1 heterocycles. The zero-order chi connectivity index (χ0) is 20.8. The molecule has 5 N–H and O–H groups in total. The fourth-order valence-corrected chi connectivity index (χ4v) is 3.19. The number of carbonyl (C=O) groups excluding carboxylic acids is 2. The van der Waals surface area contributed by atoms with Gasteiger partial charge in [0.1, 0.15) is 5.82 Å². The Morgan fingerprint density at radius 2 is 1.90 bits per heavy atom. The second-order valence-corrected chi connectivity index (χ2v) is 6.69. The number of carbonyl (C=O) groups is 2. The SMILES string of the molecule is CCNC(=O)Nc1cc2c(-c3cccc(CNC(C)=O)c3)ccc(CN)c2cn1. The molecule has 1 aromatic heterocycles. The van der Waals surface area contributed by atoms with Gasteiger partial charge in [0.2, 0.25) is 5.91 Å². The lowest BCUT2D eigenvalue weighted by Crippen LogP contribution is -2.28. The number of rotatable bonds is 6. The maximum Gasteiger partial charge on any atom is 0.320 e. The third kappa shape index (κ3) is 4.89. The lowest BCUT2D eigenvalue weighted by Gasteiger charge is -2.13. The van der Waals surface area contributed by atoms with Crippen LogP contribution in [0.3, 0.4) is 0 Å². The Kier molecular flexibility index (Phi) is 6.41. The van der Waals surface area contributed by atoms with Crippen LogP contribution in [0.4, 0.5) is 10.6 Å². The standard InChI is InChI=1S/C22H25N5O2/c1-3-24-22(29)27-21-10-19-18(8-7-17(11-23)20(19)13-26-21)16-6-4-5-15(9-16)12-25-14(2)28/h4-10,13H,3,11-12,23H2,1-2H3,(H,25,28)(H2,24,26,27,29). The van der Waals surface area contributed by atoms with Crippen molar-refractivity contribution in [3.8, 4) is 11.1 Å². The number of nitrogens with one attached hydrogen (secondary N) is 3. The van der Waals surface area contributed by atoms with Crippen molar-refractivity contribution < 1.29 is 9.59 Å². The Morgan fingerprint density at radius 1 is 1.07 bits per heavy atom. The number of amides is 3. The van der Waals surface area contributed by atoms with Crippen molar-refractivity contribution in [3.05, 3.63) is 59.8 Å². The molecule has 3 aromatic rings. The van der Waals surface area contributed by atoms with Gasteiger partial charge in [-0.15, -0.1) is 0 Å². The number of urea groups is 1. The van der Waals surface area contributed by atoms with Crippen LogP contribution in [0, 0.1) is 0 Å². The predicted octanol–water partition coefficient (Wildman–Crippen LogP) is 3.14. The number of hydrogen-bond acceptors (Lipinski definition) is 4. The topological polar surface area (TPSA) is 109 Å². The molecule has 0 aliphatic carbocycles. The summed E-state index contributed by atoms with van der Waals surface area (Å²) in [7, 11) is 0. The fourth-order valence-electron chi connectivity index (χ4n) is 3.19. The predicted molar refractivity (Wildman–Crippen MR) is 115 cm³/mol. The summed E-state index contributed by atoms with van der Waals surface area (Å²) in [6.45, 7) is 4.74. The zero-order valence-corrected chi connectivity index (χ0v) is 16.6.